The summed E-state index contributed by atoms with van der Waals surface area (Å²) in [5.74, 6) is 1.40. The summed E-state index contributed by atoms with van der Waals surface area (Å²) < 4.78 is 5.29. The average Bonchev–Trinajstić information content (AvgIpc) is 2.98. The molecule has 2 aromatic rings. The van der Waals surface area contributed by atoms with Crippen LogP contribution in [0.15, 0.2) is 21.3 Å². The predicted octanol–water partition coefficient (Wildman–Crippen LogP) is 1.59. The molecule has 0 unspecified atom stereocenters. The van der Waals surface area contributed by atoms with Gasteiger partial charge in [-0.2, -0.15) is 16.3 Å². The van der Waals surface area contributed by atoms with E-state index in [0.29, 0.717) is 5.89 Å². The van der Waals surface area contributed by atoms with Gasteiger partial charge in [-0.25, -0.2) is 0 Å². The fourth-order valence-corrected chi connectivity index (χ4v) is 2.71. The molecule has 18 heavy (non-hydrogen) atoms. The highest BCUT2D eigenvalue weighted by atomic mass is 32.1. The average molecular weight is 264 g/mol. The van der Waals surface area contributed by atoms with Gasteiger partial charge in [-0.1, -0.05) is 5.16 Å². The van der Waals surface area contributed by atoms with Crippen LogP contribution < -0.4 is 5.32 Å². The zero-order valence-corrected chi connectivity index (χ0v) is 10.9. The number of rotatable bonds is 3. The number of hydrogen-bond acceptors (Lipinski definition) is 6. The molecule has 0 saturated carbocycles. The zero-order valence-electron chi connectivity index (χ0n) is 10.1. The molecule has 0 aliphatic carbocycles. The molecule has 0 bridgehead atoms. The van der Waals surface area contributed by atoms with Crippen LogP contribution in [-0.2, 0) is 6.54 Å². The lowest BCUT2D eigenvalue weighted by Gasteiger charge is -2.16. The van der Waals surface area contributed by atoms with Crippen LogP contribution in [0.25, 0.3) is 11.5 Å². The molecule has 6 heteroatoms. The molecule has 3 rings (SSSR count). The molecule has 1 aliphatic heterocycles. The first-order valence-corrected chi connectivity index (χ1v) is 7.14. The van der Waals surface area contributed by atoms with Crippen LogP contribution in [0, 0.1) is 0 Å². The van der Waals surface area contributed by atoms with E-state index in [9.17, 15) is 0 Å². The lowest BCUT2D eigenvalue weighted by Crippen LogP contribution is -2.28. The minimum atomic E-state index is 0.624. The number of aromatic nitrogens is 2. The Morgan fingerprint density at radius 3 is 3.28 bits per heavy atom. The van der Waals surface area contributed by atoms with E-state index in [-0.39, 0.29) is 0 Å². The highest BCUT2D eigenvalue weighted by Gasteiger charge is 2.14. The van der Waals surface area contributed by atoms with Crippen molar-refractivity contribution in [1.82, 2.24) is 20.4 Å². The second kappa shape index (κ2) is 5.60. The highest BCUT2D eigenvalue weighted by Crippen LogP contribution is 2.20. The number of nitrogens with one attached hydrogen (secondary N) is 1. The molecule has 5 nitrogen and oxygen atoms in total. The quantitative estimate of drug-likeness (QED) is 0.912. The van der Waals surface area contributed by atoms with Gasteiger partial charge in [0.15, 0.2) is 5.82 Å². The van der Waals surface area contributed by atoms with E-state index in [1.165, 1.54) is 6.42 Å². The molecule has 0 spiro atoms. The van der Waals surface area contributed by atoms with Gasteiger partial charge in [-0.05, 0) is 31.0 Å². The van der Waals surface area contributed by atoms with Crippen molar-refractivity contribution in [2.75, 3.05) is 26.2 Å². The molecular weight excluding hydrogens is 248 g/mol. The summed E-state index contributed by atoms with van der Waals surface area (Å²) in [6, 6.07) is 2.00. The summed E-state index contributed by atoms with van der Waals surface area (Å²) in [5.41, 5.74) is 1.01. The fourth-order valence-electron chi connectivity index (χ4n) is 2.08. The van der Waals surface area contributed by atoms with E-state index in [4.69, 9.17) is 4.52 Å². The molecule has 0 amide bonds. The molecule has 1 saturated heterocycles. The smallest absolute Gasteiger partial charge is 0.258 e. The first-order valence-electron chi connectivity index (χ1n) is 6.20. The molecular formula is C12H16N4OS. The topological polar surface area (TPSA) is 54.2 Å². The number of hydrogen-bond donors (Lipinski definition) is 1. The van der Waals surface area contributed by atoms with E-state index in [1.807, 2.05) is 16.8 Å². The molecule has 0 radical (unpaired) electrons. The van der Waals surface area contributed by atoms with Crippen LogP contribution in [0.1, 0.15) is 12.2 Å². The SMILES string of the molecule is c1cc(-c2nc(CN3CCCNCC3)no2)cs1. The molecule has 96 valence electrons. The minimum Gasteiger partial charge on any atom is -0.334 e. The van der Waals surface area contributed by atoms with Crippen LogP contribution in [0.2, 0.25) is 0 Å². The van der Waals surface area contributed by atoms with Crippen LogP contribution in [0.4, 0.5) is 0 Å². The Morgan fingerprint density at radius 1 is 1.39 bits per heavy atom. The Hall–Kier alpha value is -1.24. The Kier molecular flexibility index (Phi) is 3.68. The van der Waals surface area contributed by atoms with Gasteiger partial charge < -0.3 is 9.84 Å². The van der Waals surface area contributed by atoms with E-state index in [2.05, 4.69) is 20.4 Å². The Bertz CT molecular complexity index is 474. The van der Waals surface area contributed by atoms with Crippen molar-refractivity contribution in [2.24, 2.45) is 0 Å². The van der Waals surface area contributed by atoms with Crippen molar-refractivity contribution < 1.29 is 4.52 Å². The maximum absolute atomic E-state index is 5.29. The second-order valence-electron chi connectivity index (χ2n) is 4.41. The van der Waals surface area contributed by atoms with E-state index in [1.54, 1.807) is 11.3 Å². The molecule has 3 heterocycles. The fraction of sp³-hybridized carbons (Fsp3) is 0.500. The van der Waals surface area contributed by atoms with Crippen molar-refractivity contribution >= 4 is 11.3 Å². The summed E-state index contributed by atoms with van der Waals surface area (Å²) in [7, 11) is 0. The first kappa shape index (κ1) is 11.8. The molecule has 2 aromatic heterocycles. The third-order valence-corrected chi connectivity index (χ3v) is 3.72. The van der Waals surface area contributed by atoms with Crippen molar-refractivity contribution in [1.29, 1.82) is 0 Å². The van der Waals surface area contributed by atoms with Crippen molar-refractivity contribution in [3.63, 3.8) is 0 Å². The Labute approximate surface area is 110 Å². The van der Waals surface area contributed by atoms with Crippen molar-refractivity contribution in [2.45, 2.75) is 13.0 Å². The number of thiophene rings is 1. The maximum Gasteiger partial charge on any atom is 0.258 e. The van der Waals surface area contributed by atoms with Gasteiger partial charge in [0.05, 0.1) is 12.1 Å². The van der Waals surface area contributed by atoms with E-state index < -0.39 is 0 Å². The lowest BCUT2D eigenvalue weighted by molar-refractivity contribution is 0.271. The monoisotopic (exact) mass is 264 g/mol. The van der Waals surface area contributed by atoms with Gasteiger partial charge in [-0.3, -0.25) is 4.90 Å². The molecule has 1 N–H and O–H groups in total. The third kappa shape index (κ3) is 2.77. The molecule has 1 aliphatic rings. The van der Waals surface area contributed by atoms with Gasteiger partial charge >= 0.3 is 0 Å². The van der Waals surface area contributed by atoms with Gasteiger partial charge in [0.1, 0.15) is 0 Å². The first-order chi connectivity index (χ1) is 8.92. The molecule has 1 fully saturated rings. The summed E-state index contributed by atoms with van der Waals surface area (Å²) in [6.07, 6.45) is 1.18. The van der Waals surface area contributed by atoms with Gasteiger partial charge in [0.25, 0.3) is 5.89 Å². The zero-order chi connectivity index (χ0) is 12.2. The van der Waals surface area contributed by atoms with Crippen LogP contribution in [0.3, 0.4) is 0 Å². The van der Waals surface area contributed by atoms with E-state index in [0.717, 1.165) is 44.1 Å². The van der Waals surface area contributed by atoms with Crippen molar-refractivity contribution in [3.05, 3.63) is 22.7 Å². The lowest BCUT2D eigenvalue weighted by atomic mass is 10.3. The van der Waals surface area contributed by atoms with Gasteiger partial charge in [0, 0.05) is 18.5 Å². The highest BCUT2D eigenvalue weighted by molar-refractivity contribution is 7.08. The standard InChI is InChI=1S/C12H16N4OS/c1-3-13-4-6-16(5-1)8-11-14-12(17-15-11)10-2-7-18-9-10/h2,7,9,13H,1,3-6,8H2. The summed E-state index contributed by atoms with van der Waals surface area (Å²) >= 11 is 1.64. The summed E-state index contributed by atoms with van der Waals surface area (Å²) in [6.45, 7) is 5.05. The summed E-state index contributed by atoms with van der Waals surface area (Å²) in [5, 5.41) is 11.5. The van der Waals surface area contributed by atoms with E-state index >= 15 is 0 Å². The van der Waals surface area contributed by atoms with Crippen LogP contribution >= 0.6 is 11.3 Å². The maximum atomic E-state index is 5.29. The largest absolute Gasteiger partial charge is 0.334 e. The summed E-state index contributed by atoms with van der Waals surface area (Å²) in [4.78, 5) is 6.81. The number of nitrogens with zero attached hydrogens (tertiary/aromatic N) is 3. The normalized spacial score (nSPS) is 17.8. The predicted molar refractivity (Wildman–Crippen MR) is 70.4 cm³/mol. The van der Waals surface area contributed by atoms with Crippen LogP contribution in [-0.4, -0.2) is 41.2 Å². The van der Waals surface area contributed by atoms with Crippen molar-refractivity contribution in [3.8, 4) is 11.5 Å². The van der Waals surface area contributed by atoms with Gasteiger partial charge in [-0.15, -0.1) is 0 Å². The Balaban J connectivity index is 1.66. The van der Waals surface area contributed by atoms with Gasteiger partial charge in [0.2, 0.25) is 0 Å². The van der Waals surface area contributed by atoms with Crippen LogP contribution in [0.5, 0.6) is 0 Å². The Morgan fingerprint density at radius 2 is 2.39 bits per heavy atom. The minimum absolute atomic E-state index is 0.624. The molecule has 0 atom stereocenters. The third-order valence-electron chi connectivity index (χ3n) is 3.03. The second-order valence-corrected chi connectivity index (χ2v) is 5.19. The molecule has 0 aromatic carbocycles.